The molecule has 0 radical (unpaired) electrons. The van der Waals surface area contributed by atoms with Gasteiger partial charge in [0.05, 0.1) is 36.8 Å². The molecule has 1 aliphatic rings. The number of aliphatic hydroxyl groups excluding tert-OH is 1. The number of carboxylic acids is 1. The Morgan fingerprint density at radius 1 is 1.21 bits per heavy atom. The number of benzene rings is 2. The van der Waals surface area contributed by atoms with Crippen molar-refractivity contribution in [1.82, 2.24) is 4.57 Å². The van der Waals surface area contributed by atoms with E-state index in [1.165, 1.54) is 36.4 Å². The van der Waals surface area contributed by atoms with Crippen LogP contribution in [0.1, 0.15) is 47.8 Å². The largest absolute Gasteiger partial charge is 0.496 e. The number of anilines is 1. The highest BCUT2D eigenvalue weighted by molar-refractivity contribution is 6.31. The van der Waals surface area contributed by atoms with Crippen LogP contribution < -0.4 is 15.1 Å². The van der Waals surface area contributed by atoms with Gasteiger partial charge in [0.25, 0.3) is 5.92 Å². The van der Waals surface area contributed by atoms with Crippen molar-refractivity contribution in [3.05, 3.63) is 68.2 Å². The number of hydrogen-bond donors (Lipinski definition) is 2. The Kier molecular flexibility index (Phi) is 7.67. The topological polar surface area (TPSA) is 92.0 Å². The second-order valence-corrected chi connectivity index (χ2v) is 10.3. The molecule has 11 heteroatoms. The zero-order valence-electron chi connectivity index (χ0n) is 21.1. The van der Waals surface area contributed by atoms with Crippen LogP contribution in [0.4, 0.5) is 18.9 Å². The lowest BCUT2D eigenvalue weighted by molar-refractivity contribution is 0.0257. The third-order valence-corrected chi connectivity index (χ3v) is 7.26. The molecular weight excluding hydrogens is 525 g/mol. The molecule has 4 rings (SSSR count). The molecule has 3 aromatic rings. The number of aromatic nitrogens is 1. The van der Waals surface area contributed by atoms with Crippen molar-refractivity contribution in [3.8, 4) is 5.75 Å². The van der Waals surface area contributed by atoms with Gasteiger partial charge in [-0.3, -0.25) is 4.79 Å². The van der Waals surface area contributed by atoms with Crippen LogP contribution in [0.5, 0.6) is 5.75 Å². The second kappa shape index (κ2) is 10.5. The highest BCUT2D eigenvalue weighted by atomic mass is 35.5. The summed E-state index contributed by atoms with van der Waals surface area (Å²) in [7, 11) is 1.40. The number of nitrogens with zero attached hydrogens (tertiary/aromatic N) is 2. The Hall–Kier alpha value is -3.24. The summed E-state index contributed by atoms with van der Waals surface area (Å²) in [6.45, 7) is 2.99. The molecule has 2 N–H and O–H groups in total. The SMILES string of the molecule is COc1cc2c(cc1Cc1cc(N3CCC(F)(F)C3)cc(Cl)c1F)c(=O)c(C(=O)O)cn2C(CO)C(C)C. The van der Waals surface area contributed by atoms with Crippen molar-refractivity contribution in [2.75, 3.05) is 31.7 Å². The van der Waals surface area contributed by atoms with Crippen LogP contribution in [0.15, 0.2) is 35.3 Å². The minimum absolute atomic E-state index is 0.0571. The van der Waals surface area contributed by atoms with Crippen molar-refractivity contribution in [2.24, 2.45) is 5.92 Å². The number of aliphatic hydroxyl groups is 1. The third kappa shape index (κ3) is 5.19. The van der Waals surface area contributed by atoms with Crippen LogP contribution >= 0.6 is 11.6 Å². The van der Waals surface area contributed by atoms with Gasteiger partial charge in [0, 0.05) is 42.7 Å². The number of halogens is 4. The monoisotopic (exact) mass is 552 g/mol. The number of pyridine rings is 1. The van der Waals surface area contributed by atoms with Crippen LogP contribution in [-0.4, -0.2) is 53.5 Å². The van der Waals surface area contributed by atoms with Gasteiger partial charge in [0.15, 0.2) is 0 Å². The first-order valence-electron chi connectivity index (χ1n) is 12.1. The van der Waals surface area contributed by atoms with Gasteiger partial charge in [-0.1, -0.05) is 25.4 Å². The Morgan fingerprint density at radius 2 is 1.92 bits per heavy atom. The first-order chi connectivity index (χ1) is 17.9. The number of fused-ring (bicyclic) bond motifs is 1. The van der Waals surface area contributed by atoms with Crippen molar-refractivity contribution < 1.29 is 32.9 Å². The van der Waals surface area contributed by atoms with E-state index in [2.05, 4.69) is 0 Å². The van der Waals surface area contributed by atoms with Gasteiger partial charge in [-0.05, 0) is 35.2 Å². The molecule has 2 aromatic carbocycles. The Balaban J connectivity index is 1.88. The summed E-state index contributed by atoms with van der Waals surface area (Å²) >= 11 is 6.12. The summed E-state index contributed by atoms with van der Waals surface area (Å²) in [6.07, 6.45) is 0.786. The quantitative estimate of drug-likeness (QED) is 0.403. The first-order valence-corrected chi connectivity index (χ1v) is 12.4. The van der Waals surface area contributed by atoms with Crippen LogP contribution in [0, 0.1) is 11.7 Å². The number of alkyl halides is 2. The number of hydrogen-bond acceptors (Lipinski definition) is 5. The second-order valence-electron chi connectivity index (χ2n) is 9.86. The minimum atomic E-state index is -2.85. The molecule has 1 aromatic heterocycles. The highest BCUT2D eigenvalue weighted by Crippen LogP contribution is 2.36. The van der Waals surface area contributed by atoms with Gasteiger partial charge in [-0.25, -0.2) is 18.0 Å². The minimum Gasteiger partial charge on any atom is -0.496 e. The Bertz CT molecular complexity index is 1460. The van der Waals surface area contributed by atoms with Gasteiger partial charge in [-0.15, -0.1) is 0 Å². The molecular formula is C27H28ClF3N2O5. The highest BCUT2D eigenvalue weighted by Gasteiger charge is 2.38. The van der Waals surface area contributed by atoms with Gasteiger partial charge in [0.2, 0.25) is 5.43 Å². The molecule has 0 spiro atoms. The van der Waals surface area contributed by atoms with E-state index in [0.717, 1.165) is 0 Å². The maximum absolute atomic E-state index is 15.1. The molecule has 1 aliphatic heterocycles. The van der Waals surface area contributed by atoms with Crippen LogP contribution in [0.25, 0.3) is 10.9 Å². The van der Waals surface area contributed by atoms with E-state index in [0.29, 0.717) is 22.5 Å². The van der Waals surface area contributed by atoms with Crippen LogP contribution in [0.2, 0.25) is 5.02 Å². The summed E-state index contributed by atoms with van der Waals surface area (Å²) < 4.78 is 49.8. The zero-order valence-corrected chi connectivity index (χ0v) is 21.9. The molecule has 0 aliphatic carbocycles. The molecule has 2 heterocycles. The predicted molar refractivity (Wildman–Crippen MR) is 139 cm³/mol. The van der Waals surface area contributed by atoms with E-state index in [9.17, 15) is 28.6 Å². The summed E-state index contributed by atoms with van der Waals surface area (Å²) in [5, 5.41) is 19.5. The lowest BCUT2D eigenvalue weighted by Gasteiger charge is -2.25. The van der Waals surface area contributed by atoms with Gasteiger partial charge >= 0.3 is 5.97 Å². The summed E-state index contributed by atoms with van der Waals surface area (Å²) in [4.78, 5) is 26.4. The molecule has 1 saturated heterocycles. The number of carboxylic acid groups (broad SMARTS) is 1. The van der Waals surface area contributed by atoms with Gasteiger partial charge < -0.3 is 24.4 Å². The van der Waals surface area contributed by atoms with E-state index in [1.807, 2.05) is 13.8 Å². The van der Waals surface area contributed by atoms with Crippen molar-refractivity contribution in [3.63, 3.8) is 0 Å². The molecule has 1 fully saturated rings. The Labute approximate surface area is 222 Å². The van der Waals surface area contributed by atoms with Crippen molar-refractivity contribution in [2.45, 2.75) is 38.7 Å². The third-order valence-electron chi connectivity index (χ3n) is 6.98. The molecule has 1 unspecified atom stereocenters. The van der Waals surface area contributed by atoms with Crippen LogP contribution in [-0.2, 0) is 6.42 Å². The van der Waals surface area contributed by atoms with Gasteiger partial charge in [-0.2, -0.15) is 0 Å². The molecule has 7 nitrogen and oxygen atoms in total. The average Bonchev–Trinajstić information content (AvgIpc) is 3.22. The molecule has 0 saturated carbocycles. The maximum atomic E-state index is 15.1. The summed E-state index contributed by atoms with van der Waals surface area (Å²) in [6, 6.07) is 5.21. The molecule has 0 amide bonds. The van der Waals surface area contributed by atoms with E-state index in [4.69, 9.17) is 16.3 Å². The normalized spacial score (nSPS) is 15.9. The van der Waals surface area contributed by atoms with E-state index in [-0.39, 0.29) is 47.9 Å². The number of ether oxygens (including phenoxy) is 1. The predicted octanol–water partition coefficient (Wildman–Crippen LogP) is 5.13. The molecule has 38 heavy (non-hydrogen) atoms. The number of methoxy groups -OCH3 is 1. The maximum Gasteiger partial charge on any atom is 0.341 e. The Morgan fingerprint density at radius 3 is 2.47 bits per heavy atom. The summed E-state index contributed by atoms with van der Waals surface area (Å²) in [5.41, 5.74) is -0.0410. The summed E-state index contributed by atoms with van der Waals surface area (Å²) in [5.74, 6) is -4.82. The van der Waals surface area contributed by atoms with E-state index in [1.54, 1.807) is 10.6 Å². The fraction of sp³-hybridized carbons (Fsp3) is 0.407. The fourth-order valence-corrected chi connectivity index (χ4v) is 5.13. The number of aromatic carboxylic acids is 1. The van der Waals surface area contributed by atoms with Crippen LogP contribution in [0.3, 0.4) is 0 Å². The zero-order chi connectivity index (χ0) is 27.9. The number of carbonyl (C=O) groups is 1. The lowest BCUT2D eigenvalue weighted by atomic mass is 9.98. The van der Waals surface area contributed by atoms with Crippen molar-refractivity contribution >= 4 is 34.2 Å². The van der Waals surface area contributed by atoms with Gasteiger partial charge in [0.1, 0.15) is 17.1 Å². The molecule has 0 bridgehead atoms. The smallest absolute Gasteiger partial charge is 0.341 e. The molecule has 1 atom stereocenters. The average molecular weight is 553 g/mol. The first kappa shape index (κ1) is 27.8. The fourth-order valence-electron chi connectivity index (χ4n) is 4.90. The number of rotatable bonds is 8. The van der Waals surface area contributed by atoms with E-state index >= 15 is 4.39 Å². The standard InChI is InChI=1S/C27H28ClF3N2O5/c1-14(2)22(12-34)33-11-19(26(36)37)25(35)18-8-15(23(38-3)10-21(18)33)6-16-7-17(9-20(28)24(16)29)32-5-4-27(30,31)13-32/h7-11,14,22,34H,4-6,12-13H2,1-3H3,(H,36,37). The lowest BCUT2D eigenvalue weighted by Crippen LogP contribution is -2.25. The van der Waals surface area contributed by atoms with Crippen molar-refractivity contribution in [1.29, 1.82) is 0 Å². The molecule has 204 valence electrons. The van der Waals surface area contributed by atoms with E-state index < -0.39 is 41.3 Å².